The largest absolute Gasteiger partial charge is 0.356 e. The van der Waals surface area contributed by atoms with E-state index in [1.165, 1.54) is 11.1 Å². The number of rotatable bonds is 9. The molecule has 1 aliphatic rings. The summed E-state index contributed by atoms with van der Waals surface area (Å²) in [7, 11) is 1.78. The zero-order chi connectivity index (χ0) is 24.9. The topological polar surface area (TPSA) is 108 Å². The van der Waals surface area contributed by atoms with Gasteiger partial charge in [-0.15, -0.1) is 0 Å². The highest BCUT2D eigenvalue weighted by Gasteiger charge is 2.27. The van der Waals surface area contributed by atoms with Gasteiger partial charge in [0.2, 0.25) is 5.91 Å². The molecule has 0 spiro atoms. The second kappa shape index (κ2) is 10.7. The summed E-state index contributed by atoms with van der Waals surface area (Å²) < 4.78 is 5.43. The summed E-state index contributed by atoms with van der Waals surface area (Å²) in [6.07, 6.45) is 0. The van der Waals surface area contributed by atoms with E-state index in [0.29, 0.717) is 31.9 Å². The molecule has 0 atom stereocenters. The molecule has 0 aliphatic carbocycles. The van der Waals surface area contributed by atoms with E-state index in [0.717, 1.165) is 22.5 Å². The van der Waals surface area contributed by atoms with E-state index in [1.54, 1.807) is 17.0 Å². The number of carbonyl (C=O) groups excluding carboxylic acids is 2. The van der Waals surface area contributed by atoms with Crippen molar-refractivity contribution in [3.63, 3.8) is 0 Å². The number of benzene rings is 2. The van der Waals surface area contributed by atoms with Crippen LogP contribution in [0.4, 0.5) is 5.69 Å². The number of nitrogens with one attached hydrogen (secondary N) is 1. The van der Waals surface area contributed by atoms with Crippen LogP contribution < -0.4 is 16.0 Å². The van der Waals surface area contributed by atoms with Gasteiger partial charge in [0.25, 0.3) is 5.91 Å². The van der Waals surface area contributed by atoms with Crippen LogP contribution in [0, 0.1) is 13.8 Å². The first-order chi connectivity index (χ1) is 16.9. The van der Waals surface area contributed by atoms with E-state index in [2.05, 4.69) is 22.6 Å². The van der Waals surface area contributed by atoms with Crippen LogP contribution >= 0.6 is 0 Å². The van der Waals surface area contributed by atoms with Crippen molar-refractivity contribution < 1.29 is 14.1 Å². The average molecular weight is 477 g/mol. The van der Waals surface area contributed by atoms with Gasteiger partial charge >= 0.3 is 0 Å². The lowest BCUT2D eigenvalue weighted by atomic mass is 10.1. The monoisotopic (exact) mass is 476 g/mol. The number of anilines is 1. The first-order valence-electron chi connectivity index (χ1n) is 11.7. The van der Waals surface area contributed by atoms with E-state index in [-0.39, 0.29) is 24.9 Å². The van der Waals surface area contributed by atoms with Gasteiger partial charge in [-0.25, -0.2) is 5.01 Å². The second-order valence-electron chi connectivity index (χ2n) is 8.84. The van der Waals surface area contributed by atoms with Gasteiger partial charge in [0.1, 0.15) is 0 Å². The van der Waals surface area contributed by atoms with Crippen molar-refractivity contribution in [3.8, 4) is 11.3 Å². The molecule has 0 bridgehead atoms. The third-order valence-corrected chi connectivity index (χ3v) is 6.20. The molecule has 0 radical (unpaired) electrons. The van der Waals surface area contributed by atoms with Crippen molar-refractivity contribution in [1.82, 2.24) is 20.5 Å². The van der Waals surface area contributed by atoms with Crippen LogP contribution in [-0.2, 0) is 22.7 Å². The van der Waals surface area contributed by atoms with E-state index in [9.17, 15) is 9.59 Å². The smallest absolute Gasteiger partial charge is 0.256 e. The lowest BCUT2D eigenvalue weighted by Crippen LogP contribution is -2.48. The molecule has 3 aromatic rings. The summed E-state index contributed by atoms with van der Waals surface area (Å²) in [6.45, 7) is 5.97. The van der Waals surface area contributed by atoms with Gasteiger partial charge in [0.15, 0.2) is 5.76 Å². The number of amides is 2. The van der Waals surface area contributed by atoms with Gasteiger partial charge in [-0.05, 0) is 36.6 Å². The summed E-state index contributed by atoms with van der Waals surface area (Å²) in [5.41, 5.74) is 11.3. The second-order valence-corrected chi connectivity index (χ2v) is 8.84. The van der Waals surface area contributed by atoms with E-state index in [1.807, 2.05) is 55.3 Å². The van der Waals surface area contributed by atoms with Gasteiger partial charge in [-0.1, -0.05) is 41.6 Å². The minimum absolute atomic E-state index is 0.0273. The van der Waals surface area contributed by atoms with Crippen molar-refractivity contribution in [3.05, 3.63) is 70.9 Å². The van der Waals surface area contributed by atoms with E-state index < -0.39 is 0 Å². The Hall–Kier alpha value is -3.69. The molecular formula is C26H32N6O3. The highest BCUT2D eigenvalue weighted by molar-refractivity contribution is 5.87. The van der Waals surface area contributed by atoms with Gasteiger partial charge in [-0.2, -0.15) is 0 Å². The van der Waals surface area contributed by atoms with E-state index in [4.69, 9.17) is 10.3 Å². The maximum absolute atomic E-state index is 13.4. The highest BCUT2D eigenvalue weighted by Crippen LogP contribution is 2.29. The quantitative estimate of drug-likeness (QED) is 0.488. The SMILES string of the molecule is Cc1cc(-c2ccc(C)c(N(CC(=O)NCCN)CC(=O)N(C)N3Cc4ccccc4C3)c2)on1. The zero-order valence-electron chi connectivity index (χ0n) is 20.5. The van der Waals surface area contributed by atoms with Gasteiger partial charge in [0, 0.05) is 50.5 Å². The fraction of sp³-hybridized carbons (Fsp3) is 0.346. The molecule has 2 amide bonds. The van der Waals surface area contributed by atoms with Crippen LogP contribution in [-0.4, -0.2) is 60.2 Å². The highest BCUT2D eigenvalue weighted by atomic mass is 16.5. The molecule has 1 aromatic heterocycles. The fourth-order valence-electron chi connectivity index (χ4n) is 4.22. The number of likely N-dealkylation sites (N-methyl/N-ethyl adjacent to an activating group) is 1. The zero-order valence-corrected chi connectivity index (χ0v) is 20.5. The summed E-state index contributed by atoms with van der Waals surface area (Å²) in [5, 5.41) is 10.4. The molecule has 1 aliphatic heterocycles. The molecule has 2 heterocycles. The molecule has 0 fully saturated rings. The molecule has 9 heteroatoms. The summed E-state index contributed by atoms with van der Waals surface area (Å²) in [4.78, 5) is 27.8. The summed E-state index contributed by atoms with van der Waals surface area (Å²) >= 11 is 0. The number of hydrogen-bond donors (Lipinski definition) is 2. The molecule has 9 nitrogen and oxygen atoms in total. The van der Waals surface area contributed by atoms with Crippen molar-refractivity contribution in [1.29, 1.82) is 0 Å². The molecule has 2 aromatic carbocycles. The molecular weight excluding hydrogens is 444 g/mol. The van der Waals surface area contributed by atoms with Gasteiger partial charge in [-0.3, -0.25) is 14.6 Å². The first-order valence-corrected chi connectivity index (χ1v) is 11.7. The van der Waals surface area contributed by atoms with Gasteiger partial charge in [0.05, 0.1) is 18.8 Å². The van der Waals surface area contributed by atoms with Gasteiger partial charge < -0.3 is 20.5 Å². The number of hydrazine groups is 1. The van der Waals surface area contributed by atoms with E-state index >= 15 is 0 Å². The van der Waals surface area contributed by atoms with Crippen molar-refractivity contribution in [2.75, 3.05) is 38.1 Å². The van der Waals surface area contributed by atoms with Crippen LogP contribution in [0.25, 0.3) is 11.3 Å². The number of nitrogens with two attached hydrogens (primary N) is 1. The Morgan fingerprint density at radius 3 is 2.43 bits per heavy atom. The number of aromatic nitrogens is 1. The predicted octanol–water partition coefficient (Wildman–Crippen LogP) is 2.23. The van der Waals surface area contributed by atoms with Crippen LogP contribution in [0.15, 0.2) is 53.1 Å². The molecule has 0 saturated carbocycles. The normalized spacial score (nSPS) is 12.9. The van der Waals surface area contributed by atoms with Crippen LogP contribution in [0.5, 0.6) is 0 Å². The maximum atomic E-state index is 13.4. The Bertz CT molecular complexity index is 1180. The van der Waals surface area contributed by atoms with Crippen molar-refractivity contribution >= 4 is 17.5 Å². The number of fused-ring (bicyclic) bond motifs is 1. The number of aryl methyl sites for hydroxylation is 2. The summed E-state index contributed by atoms with van der Waals surface area (Å²) in [5.74, 6) is 0.332. The first kappa shape index (κ1) is 24.4. The Morgan fingerprint density at radius 1 is 1.09 bits per heavy atom. The molecule has 184 valence electrons. The average Bonchev–Trinajstić information content (AvgIpc) is 3.48. The Labute approximate surface area is 205 Å². The number of hydrogen-bond acceptors (Lipinski definition) is 7. The van der Waals surface area contributed by atoms with Crippen molar-refractivity contribution in [2.24, 2.45) is 5.73 Å². The fourth-order valence-corrected chi connectivity index (χ4v) is 4.22. The lowest BCUT2D eigenvalue weighted by Gasteiger charge is -2.32. The number of carbonyl (C=O) groups is 2. The Kier molecular flexibility index (Phi) is 7.48. The molecule has 35 heavy (non-hydrogen) atoms. The van der Waals surface area contributed by atoms with Crippen molar-refractivity contribution in [2.45, 2.75) is 26.9 Å². The lowest BCUT2D eigenvalue weighted by molar-refractivity contribution is -0.145. The third-order valence-electron chi connectivity index (χ3n) is 6.20. The molecule has 4 rings (SSSR count). The minimum Gasteiger partial charge on any atom is -0.356 e. The van der Waals surface area contributed by atoms with Crippen LogP contribution in [0.3, 0.4) is 0 Å². The third kappa shape index (κ3) is 5.70. The Balaban J connectivity index is 1.56. The number of nitrogens with zero attached hydrogens (tertiary/aromatic N) is 4. The maximum Gasteiger partial charge on any atom is 0.256 e. The van der Waals surface area contributed by atoms with Crippen LogP contribution in [0.2, 0.25) is 0 Å². The standard InChI is InChI=1S/C26H32N6O3/c1-18-8-9-20(24-12-19(2)29-35-24)13-23(18)31(16-25(33)28-11-10-27)17-26(34)30(3)32-14-21-6-4-5-7-22(21)15-32/h4-9,12-13H,10-11,14-17,27H2,1-3H3,(H,28,33). The summed E-state index contributed by atoms with van der Waals surface area (Å²) in [6, 6.07) is 15.9. The molecule has 3 N–H and O–H groups in total. The van der Waals surface area contributed by atoms with Crippen LogP contribution in [0.1, 0.15) is 22.4 Å². The predicted molar refractivity (Wildman–Crippen MR) is 134 cm³/mol. The molecule has 0 saturated heterocycles. The Morgan fingerprint density at radius 2 is 1.80 bits per heavy atom. The molecule has 0 unspecified atom stereocenters. The minimum atomic E-state index is -0.195.